The van der Waals surface area contributed by atoms with Crippen LogP contribution in [0.15, 0.2) is 24.3 Å². The maximum Gasteiger partial charge on any atom is 0.422 e. The number of likely N-dealkylation sites (N-methyl/N-ethyl adjacent to an activating group) is 1. The van der Waals surface area contributed by atoms with Crippen LogP contribution in [0.5, 0.6) is 5.75 Å². The number of aliphatic hydroxyl groups excluding tert-OH is 1. The minimum absolute atomic E-state index is 0.239. The lowest BCUT2D eigenvalue weighted by Gasteiger charge is -2.22. The average Bonchev–Trinajstić information content (AvgIpc) is 3.20. The molecule has 1 fully saturated rings. The van der Waals surface area contributed by atoms with E-state index in [1.165, 1.54) is 6.07 Å². The Hall–Kier alpha value is -1.27. The summed E-state index contributed by atoms with van der Waals surface area (Å²) in [6, 6.07) is 6.69. The first-order valence-electron chi connectivity index (χ1n) is 6.99. The first-order chi connectivity index (χ1) is 9.85. The van der Waals surface area contributed by atoms with Crippen LogP contribution in [-0.4, -0.2) is 42.5 Å². The van der Waals surface area contributed by atoms with Gasteiger partial charge in [-0.05, 0) is 31.9 Å². The van der Waals surface area contributed by atoms with Crippen molar-refractivity contribution in [1.29, 1.82) is 0 Å². The Morgan fingerprint density at radius 3 is 2.62 bits per heavy atom. The summed E-state index contributed by atoms with van der Waals surface area (Å²) in [5, 5.41) is 9.90. The minimum Gasteiger partial charge on any atom is -0.484 e. The number of para-hydroxylation sites is 1. The van der Waals surface area contributed by atoms with Crippen molar-refractivity contribution in [2.24, 2.45) is 5.92 Å². The largest absolute Gasteiger partial charge is 0.484 e. The molecule has 0 aliphatic heterocycles. The van der Waals surface area contributed by atoms with Crippen molar-refractivity contribution in [3.8, 4) is 5.75 Å². The Labute approximate surface area is 122 Å². The third kappa shape index (κ3) is 5.55. The molecule has 1 saturated carbocycles. The van der Waals surface area contributed by atoms with E-state index in [0.29, 0.717) is 24.6 Å². The first kappa shape index (κ1) is 16.1. The van der Waals surface area contributed by atoms with Crippen molar-refractivity contribution < 1.29 is 23.0 Å². The zero-order valence-corrected chi connectivity index (χ0v) is 11.9. The van der Waals surface area contributed by atoms with E-state index in [-0.39, 0.29) is 11.9 Å². The summed E-state index contributed by atoms with van der Waals surface area (Å²) in [6.07, 6.45) is -2.60. The first-order valence-corrected chi connectivity index (χ1v) is 6.99. The van der Waals surface area contributed by atoms with Crippen LogP contribution in [-0.2, 0) is 6.54 Å². The van der Waals surface area contributed by atoms with Gasteiger partial charge in [0.1, 0.15) is 5.75 Å². The van der Waals surface area contributed by atoms with Crippen LogP contribution in [0.25, 0.3) is 0 Å². The Kier molecular flexibility index (Phi) is 5.11. The summed E-state index contributed by atoms with van der Waals surface area (Å²) in [4.78, 5) is 1.90. The van der Waals surface area contributed by atoms with E-state index < -0.39 is 12.8 Å². The highest BCUT2D eigenvalue weighted by Gasteiger charge is 2.31. The number of hydrogen-bond acceptors (Lipinski definition) is 3. The van der Waals surface area contributed by atoms with Gasteiger partial charge in [-0.25, -0.2) is 0 Å². The summed E-state index contributed by atoms with van der Waals surface area (Å²) < 4.78 is 41.6. The van der Waals surface area contributed by atoms with Crippen molar-refractivity contribution in [1.82, 2.24) is 4.90 Å². The SMILES string of the molecule is CN(Cc1ccccc1OCC(F)(F)F)CC(O)C1CC1. The highest BCUT2D eigenvalue weighted by atomic mass is 19.4. The molecule has 6 heteroatoms. The number of rotatable bonds is 7. The molecule has 0 heterocycles. The Bertz CT molecular complexity index is 460. The number of aliphatic hydroxyl groups is 1. The van der Waals surface area contributed by atoms with Crippen LogP contribution in [0.2, 0.25) is 0 Å². The second-order valence-corrected chi connectivity index (χ2v) is 5.61. The molecule has 2 rings (SSSR count). The smallest absolute Gasteiger partial charge is 0.422 e. The normalized spacial score (nSPS) is 17.0. The summed E-state index contributed by atoms with van der Waals surface area (Å²) in [5.41, 5.74) is 0.687. The van der Waals surface area contributed by atoms with Gasteiger partial charge in [-0.1, -0.05) is 18.2 Å². The number of alkyl halides is 3. The zero-order valence-electron chi connectivity index (χ0n) is 11.9. The van der Waals surface area contributed by atoms with E-state index in [2.05, 4.69) is 0 Å². The van der Waals surface area contributed by atoms with Crippen LogP contribution in [0.1, 0.15) is 18.4 Å². The van der Waals surface area contributed by atoms with Gasteiger partial charge in [-0.2, -0.15) is 13.2 Å². The lowest BCUT2D eigenvalue weighted by atomic mass is 10.1. The van der Waals surface area contributed by atoms with Gasteiger partial charge in [-0.15, -0.1) is 0 Å². The highest BCUT2D eigenvalue weighted by molar-refractivity contribution is 5.33. The molecular formula is C15H20F3NO2. The standard InChI is InChI=1S/C15H20F3NO2/c1-19(9-13(20)11-6-7-11)8-12-4-2-3-5-14(12)21-10-15(16,17)18/h2-5,11,13,20H,6-10H2,1H3. The van der Waals surface area contributed by atoms with Gasteiger partial charge in [0.2, 0.25) is 0 Å². The maximum absolute atomic E-state index is 12.2. The molecule has 0 saturated heterocycles. The van der Waals surface area contributed by atoms with E-state index in [4.69, 9.17) is 4.74 Å². The molecule has 0 bridgehead atoms. The monoisotopic (exact) mass is 303 g/mol. The van der Waals surface area contributed by atoms with Crippen LogP contribution in [0.4, 0.5) is 13.2 Å². The molecule has 1 aromatic carbocycles. The minimum atomic E-state index is -4.35. The second kappa shape index (κ2) is 6.66. The predicted octanol–water partition coefficient (Wildman–Crippen LogP) is 2.83. The van der Waals surface area contributed by atoms with Gasteiger partial charge in [0.05, 0.1) is 6.10 Å². The van der Waals surface area contributed by atoms with E-state index >= 15 is 0 Å². The molecule has 0 aromatic heterocycles. The van der Waals surface area contributed by atoms with Gasteiger partial charge < -0.3 is 9.84 Å². The molecule has 0 radical (unpaired) electrons. The van der Waals surface area contributed by atoms with Gasteiger partial charge in [0, 0.05) is 18.7 Å². The molecule has 0 amide bonds. The maximum atomic E-state index is 12.2. The van der Waals surface area contributed by atoms with Gasteiger partial charge in [0.25, 0.3) is 0 Å². The van der Waals surface area contributed by atoms with Crippen molar-refractivity contribution in [3.05, 3.63) is 29.8 Å². The lowest BCUT2D eigenvalue weighted by molar-refractivity contribution is -0.153. The van der Waals surface area contributed by atoms with Crippen molar-refractivity contribution in [3.63, 3.8) is 0 Å². The number of halogens is 3. The highest BCUT2D eigenvalue weighted by Crippen LogP contribution is 2.33. The van der Waals surface area contributed by atoms with E-state index in [0.717, 1.165) is 12.8 Å². The molecular weight excluding hydrogens is 283 g/mol. The predicted molar refractivity (Wildman–Crippen MR) is 73.1 cm³/mol. The summed E-state index contributed by atoms with van der Waals surface area (Å²) in [6.45, 7) is -0.339. The topological polar surface area (TPSA) is 32.7 Å². The van der Waals surface area contributed by atoms with Crippen LogP contribution in [0, 0.1) is 5.92 Å². The van der Waals surface area contributed by atoms with Crippen LogP contribution in [0.3, 0.4) is 0 Å². The van der Waals surface area contributed by atoms with Gasteiger partial charge >= 0.3 is 6.18 Å². The van der Waals surface area contributed by atoms with E-state index in [1.54, 1.807) is 18.2 Å². The van der Waals surface area contributed by atoms with Crippen molar-refractivity contribution in [2.75, 3.05) is 20.2 Å². The summed E-state index contributed by atoms with van der Waals surface area (Å²) in [7, 11) is 1.84. The Balaban J connectivity index is 1.92. The zero-order chi connectivity index (χ0) is 15.5. The molecule has 1 aliphatic rings. The third-order valence-electron chi connectivity index (χ3n) is 3.47. The Morgan fingerprint density at radius 2 is 2.00 bits per heavy atom. The fourth-order valence-electron chi connectivity index (χ4n) is 2.24. The number of nitrogens with zero attached hydrogens (tertiary/aromatic N) is 1. The molecule has 0 spiro atoms. The lowest BCUT2D eigenvalue weighted by Crippen LogP contribution is -2.30. The van der Waals surface area contributed by atoms with Gasteiger partial charge in [0.15, 0.2) is 6.61 Å². The molecule has 118 valence electrons. The second-order valence-electron chi connectivity index (χ2n) is 5.61. The quantitative estimate of drug-likeness (QED) is 0.841. The summed E-state index contributed by atoms with van der Waals surface area (Å²) >= 11 is 0. The average molecular weight is 303 g/mol. The third-order valence-corrected chi connectivity index (χ3v) is 3.47. The van der Waals surface area contributed by atoms with Gasteiger partial charge in [-0.3, -0.25) is 4.90 Å². The molecule has 1 atom stereocenters. The Morgan fingerprint density at radius 1 is 1.33 bits per heavy atom. The molecule has 21 heavy (non-hydrogen) atoms. The summed E-state index contributed by atoms with van der Waals surface area (Å²) in [5.74, 6) is 0.617. The molecule has 3 nitrogen and oxygen atoms in total. The van der Waals surface area contributed by atoms with Crippen molar-refractivity contribution >= 4 is 0 Å². The van der Waals surface area contributed by atoms with E-state index in [1.807, 2.05) is 11.9 Å². The van der Waals surface area contributed by atoms with E-state index in [9.17, 15) is 18.3 Å². The molecule has 1 aliphatic carbocycles. The molecule has 1 aromatic rings. The number of ether oxygens (including phenoxy) is 1. The van der Waals surface area contributed by atoms with Crippen LogP contribution >= 0.6 is 0 Å². The molecule has 1 unspecified atom stereocenters. The van der Waals surface area contributed by atoms with Crippen molar-refractivity contribution in [2.45, 2.75) is 31.7 Å². The molecule has 1 N–H and O–H groups in total. The van der Waals surface area contributed by atoms with Crippen LogP contribution < -0.4 is 4.74 Å². The number of hydrogen-bond donors (Lipinski definition) is 1. The fraction of sp³-hybridized carbons (Fsp3) is 0.600. The fourth-order valence-corrected chi connectivity index (χ4v) is 2.24. The number of benzene rings is 1.